The number of pyridine rings is 1. The van der Waals surface area contributed by atoms with E-state index >= 15 is 0 Å². The van der Waals surface area contributed by atoms with Crippen molar-refractivity contribution in [1.29, 1.82) is 0 Å². The Morgan fingerprint density at radius 2 is 2.27 bits per heavy atom. The Morgan fingerprint density at radius 3 is 2.73 bits per heavy atom. The van der Waals surface area contributed by atoms with E-state index in [9.17, 15) is 0 Å². The number of aromatic nitrogens is 1. The summed E-state index contributed by atoms with van der Waals surface area (Å²) in [6.07, 6.45) is 2.71. The third kappa shape index (κ3) is 2.87. The molecule has 0 fully saturated rings. The molecular formula is C8H13ClN2. The maximum absolute atomic E-state index is 5.73. The van der Waals surface area contributed by atoms with Crippen molar-refractivity contribution in [3.8, 4) is 0 Å². The first-order valence-electron chi connectivity index (χ1n) is 3.51. The predicted octanol–water partition coefficient (Wildman–Crippen LogP) is 1.91. The summed E-state index contributed by atoms with van der Waals surface area (Å²) in [6, 6.07) is 5.90. The Morgan fingerprint density at radius 1 is 1.55 bits per heavy atom. The van der Waals surface area contributed by atoms with Gasteiger partial charge in [0.2, 0.25) is 0 Å². The van der Waals surface area contributed by atoms with Gasteiger partial charge in [0, 0.05) is 12.2 Å². The summed E-state index contributed by atoms with van der Waals surface area (Å²) >= 11 is 0. The minimum Gasteiger partial charge on any atom is -0.323 e. The first kappa shape index (κ1) is 10.4. The lowest BCUT2D eigenvalue weighted by atomic mass is 10.1. The highest BCUT2D eigenvalue weighted by Crippen LogP contribution is 2.08. The van der Waals surface area contributed by atoms with Gasteiger partial charge >= 0.3 is 0 Å². The molecule has 11 heavy (non-hydrogen) atoms. The van der Waals surface area contributed by atoms with Crippen LogP contribution in [0.1, 0.15) is 25.1 Å². The molecule has 2 nitrogen and oxygen atoms in total. The number of halogens is 1. The summed E-state index contributed by atoms with van der Waals surface area (Å²) in [5.74, 6) is 0. The van der Waals surface area contributed by atoms with Gasteiger partial charge < -0.3 is 5.73 Å². The molecular weight excluding hydrogens is 160 g/mol. The van der Waals surface area contributed by atoms with E-state index in [2.05, 4.69) is 11.9 Å². The van der Waals surface area contributed by atoms with Crippen molar-refractivity contribution in [3.63, 3.8) is 0 Å². The Bertz CT molecular complexity index is 189. The lowest BCUT2D eigenvalue weighted by Gasteiger charge is -2.05. The Kier molecular flexibility index (Phi) is 4.83. The second kappa shape index (κ2) is 5.10. The SMILES string of the molecule is CC[C@@H](N)c1ccccn1.Cl. The highest BCUT2D eigenvalue weighted by Gasteiger charge is 2.01. The average molecular weight is 173 g/mol. The average Bonchev–Trinajstić information content (AvgIpc) is 2.05. The third-order valence-electron chi connectivity index (χ3n) is 1.51. The molecule has 0 aliphatic carbocycles. The second-order valence-electron chi connectivity index (χ2n) is 2.27. The van der Waals surface area contributed by atoms with Gasteiger partial charge in [-0.05, 0) is 18.6 Å². The third-order valence-corrected chi connectivity index (χ3v) is 1.51. The van der Waals surface area contributed by atoms with Crippen LogP contribution in [0, 0.1) is 0 Å². The van der Waals surface area contributed by atoms with Gasteiger partial charge in [-0.25, -0.2) is 0 Å². The highest BCUT2D eigenvalue weighted by atomic mass is 35.5. The minimum absolute atomic E-state index is 0. The van der Waals surface area contributed by atoms with Crippen LogP contribution in [0.4, 0.5) is 0 Å². The molecule has 1 rings (SSSR count). The van der Waals surface area contributed by atoms with E-state index in [1.165, 1.54) is 0 Å². The number of hydrogen-bond donors (Lipinski definition) is 1. The van der Waals surface area contributed by atoms with Crippen LogP contribution in [0.2, 0.25) is 0 Å². The van der Waals surface area contributed by atoms with Gasteiger partial charge in [-0.2, -0.15) is 0 Å². The van der Waals surface area contributed by atoms with E-state index in [-0.39, 0.29) is 18.4 Å². The van der Waals surface area contributed by atoms with Crippen LogP contribution in [-0.2, 0) is 0 Å². The van der Waals surface area contributed by atoms with E-state index in [1.807, 2.05) is 18.2 Å². The Hall–Kier alpha value is -0.600. The molecule has 0 radical (unpaired) electrons. The standard InChI is InChI=1S/C8H12N2.ClH/c1-2-7(9)8-5-3-4-6-10-8;/h3-7H,2,9H2,1H3;1H/t7-;/m1./s1. The summed E-state index contributed by atoms with van der Waals surface area (Å²) < 4.78 is 0. The van der Waals surface area contributed by atoms with Gasteiger partial charge in [0.05, 0.1) is 5.69 Å². The maximum atomic E-state index is 5.73. The molecule has 1 heterocycles. The molecule has 0 saturated heterocycles. The maximum Gasteiger partial charge on any atom is 0.0570 e. The van der Waals surface area contributed by atoms with E-state index in [4.69, 9.17) is 5.73 Å². The van der Waals surface area contributed by atoms with Gasteiger partial charge in [0.25, 0.3) is 0 Å². The van der Waals surface area contributed by atoms with Crippen LogP contribution in [-0.4, -0.2) is 4.98 Å². The molecule has 1 aromatic rings. The first-order chi connectivity index (χ1) is 4.84. The van der Waals surface area contributed by atoms with Crippen molar-refractivity contribution in [2.45, 2.75) is 19.4 Å². The number of nitrogens with zero attached hydrogens (tertiary/aromatic N) is 1. The van der Waals surface area contributed by atoms with Gasteiger partial charge in [0.1, 0.15) is 0 Å². The topological polar surface area (TPSA) is 38.9 Å². The zero-order valence-corrected chi connectivity index (χ0v) is 7.34. The molecule has 2 N–H and O–H groups in total. The minimum atomic E-state index is 0. The van der Waals surface area contributed by atoms with Crippen LogP contribution in [0.25, 0.3) is 0 Å². The van der Waals surface area contributed by atoms with E-state index < -0.39 is 0 Å². The lowest BCUT2D eigenvalue weighted by Crippen LogP contribution is -2.09. The van der Waals surface area contributed by atoms with Crippen molar-refractivity contribution in [2.75, 3.05) is 0 Å². The van der Waals surface area contributed by atoms with Gasteiger partial charge in [-0.1, -0.05) is 13.0 Å². The number of nitrogens with two attached hydrogens (primary N) is 1. The van der Waals surface area contributed by atoms with Crippen LogP contribution < -0.4 is 5.73 Å². The molecule has 0 saturated carbocycles. The van der Waals surface area contributed by atoms with Crippen LogP contribution in [0.15, 0.2) is 24.4 Å². The quantitative estimate of drug-likeness (QED) is 0.741. The van der Waals surface area contributed by atoms with Crippen molar-refractivity contribution in [1.82, 2.24) is 4.98 Å². The molecule has 1 atom stereocenters. The molecule has 0 bridgehead atoms. The number of rotatable bonds is 2. The van der Waals surface area contributed by atoms with E-state index in [0.29, 0.717) is 0 Å². The molecule has 1 aromatic heterocycles. The summed E-state index contributed by atoms with van der Waals surface area (Å²) in [4.78, 5) is 4.12. The first-order valence-corrected chi connectivity index (χ1v) is 3.51. The zero-order valence-electron chi connectivity index (χ0n) is 6.53. The highest BCUT2D eigenvalue weighted by molar-refractivity contribution is 5.85. The fourth-order valence-electron chi connectivity index (χ4n) is 0.804. The molecule has 0 aliphatic heterocycles. The van der Waals surface area contributed by atoms with Gasteiger partial charge in [0.15, 0.2) is 0 Å². The molecule has 0 aromatic carbocycles. The normalized spacial score (nSPS) is 11.8. The summed E-state index contributed by atoms with van der Waals surface area (Å²) in [5.41, 5.74) is 6.71. The fourth-order valence-corrected chi connectivity index (χ4v) is 0.804. The van der Waals surface area contributed by atoms with Crippen LogP contribution in [0.3, 0.4) is 0 Å². The fraction of sp³-hybridized carbons (Fsp3) is 0.375. The Labute approximate surface area is 73.2 Å². The largest absolute Gasteiger partial charge is 0.323 e. The van der Waals surface area contributed by atoms with Crippen molar-refractivity contribution < 1.29 is 0 Å². The van der Waals surface area contributed by atoms with Crippen LogP contribution in [0.5, 0.6) is 0 Å². The van der Waals surface area contributed by atoms with Crippen molar-refractivity contribution in [3.05, 3.63) is 30.1 Å². The summed E-state index contributed by atoms with van der Waals surface area (Å²) in [5, 5.41) is 0. The van der Waals surface area contributed by atoms with E-state index in [0.717, 1.165) is 12.1 Å². The molecule has 0 unspecified atom stereocenters. The molecule has 62 valence electrons. The summed E-state index contributed by atoms with van der Waals surface area (Å²) in [6.45, 7) is 2.05. The van der Waals surface area contributed by atoms with Crippen molar-refractivity contribution in [2.24, 2.45) is 5.73 Å². The predicted molar refractivity (Wildman–Crippen MR) is 48.7 cm³/mol. The smallest absolute Gasteiger partial charge is 0.0570 e. The van der Waals surface area contributed by atoms with Crippen molar-refractivity contribution >= 4 is 12.4 Å². The van der Waals surface area contributed by atoms with Gasteiger partial charge in [-0.3, -0.25) is 4.98 Å². The molecule has 0 amide bonds. The lowest BCUT2D eigenvalue weighted by molar-refractivity contribution is 0.675. The summed E-state index contributed by atoms with van der Waals surface area (Å²) in [7, 11) is 0. The van der Waals surface area contributed by atoms with Gasteiger partial charge in [-0.15, -0.1) is 12.4 Å². The monoisotopic (exact) mass is 172 g/mol. The van der Waals surface area contributed by atoms with Crippen LogP contribution >= 0.6 is 12.4 Å². The molecule has 3 heteroatoms. The molecule has 0 spiro atoms. The number of hydrogen-bond acceptors (Lipinski definition) is 2. The second-order valence-corrected chi connectivity index (χ2v) is 2.27. The van der Waals surface area contributed by atoms with E-state index in [1.54, 1.807) is 6.20 Å². The Balaban J connectivity index is 0.000001000. The molecule has 0 aliphatic rings. The zero-order chi connectivity index (χ0) is 7.40.